The monoisotopic (exact) mass is 386 g/mol. The first kappa shape index (κ1) is 18.3. The van der Waals surface area contributed by atoms with Crippen LogP contribution in [0.2, 0.25) is 10.0 Å². The number of carboxylic acids is 1. The van der Waals surface area contributed by atoms with Crippen molar-refractivity contribution in [2.75, 3.05) is 0 Å². The van der Waals surface area contributed by atoms with Gasteiger partial charge in [0.2, 0.25) is 0 Å². The minimum atomic E-state index is -0.982. The number of rotatable bonds is 6. The molecule has 5 heteroatoms. The molecule has 26 heavy (non-hydrogen) atoms. The molecule has 0 heterocycles. The summed E-state index contributed by atoms with van der Waals surface area (Å²) in [5, 5.41) is 10.2. The molecule has 0 unspecified atom stereocenters. The van der Waals surface area contributed by atoms with Crippen molar-refractivity contribution in [1.29, 1.82) is 0 Å². The average molecular weight is 387 g/mol. The predicted molar refractivity (Wildman–Crippen MR) is 103 cm³/mol. The summed E-state index contributed by atoms with van der Waals surface area (Å²) in [6.07, 6.45) is 0.308. The molecule has 0 spiro atoms. The summed E-state index contributed by atoms with van der Waals surface area (Å²) in [4.78, 5) is 11.4. The molecular formula is C21H16Cl2O3. The van der Waals surface area contributed by atoms with E-state index in [-0.39, 0.29) is 5.56 Å². The van der Waals surface area contributed by atoms with Crippen LogP contribution in [0, 0.1) is 0 Å². The fourth-order valence-electron chi connectivity index (χ4n) is 2.66. The van der Waals surface area contributed by atoms with Crippen molar-refractivity contribution >= 4 is 29.2 Å². The zero-order valence-electron chi connectivity index (χ0n) is 13.8. The number of ether oxygens (including phenoxy) is 1. The maximum Gasteiger partial charge on any atom is 0.335 e. The molecule has 0 saturated carbocycles. The van der Waals surface area contributed by atoms with Gasteiger partial charge in [-0.05, 0) is 34.9 Å². The third-order valence-electron chi connectivity index (χ3n) is 4.00. The highest BCUT2D eigenvalue weighted by molar-refractivity contribution is 6.37. The van der Waals surface area contributed by atoms with Crippen LogP contribution < -0.4 is 4.74 Å². The molecule has 0 fully saturated rings. The van der Waals surface area contributed by atoms with Crippen LogP contribution in [0.4, 0.5) is 0 Å². The Morgan fingerprint density at radius 1 is 0.923 bits per heavy atom. The van der Waals surface area contributed by atoms with Gasteiger partial charge in [-0.1, -0.05) is 71.7 Å². The van der Waals surface area contributed by atoms with Crippen molar-refractivity contribution in [3.05, 3.63) is 99.0 Å². The van der Waals surface area contributed by atoms with Gasteiger partial charge in [-0.2, -0.15) is 0 Å². The molecule has 1 N–H and O–H groups in total. The summed E-state index contributed by atoms with van der Waals surface area (Å²) in [5.74, 6) is -0.466. The quantitative estimate of drug-likeness (QED) is 0.576. The lowest BCUT2D eigenvalue weighted by Crippen LogP contribution is -2.04. The number of benzene rings is 3. The second-order valence-corrected chi connectivity index (χ2v) is 6.54. The van der Waals surface area contributed by atoms with Crippen molar-refractivity contribution in [3.8, 4) is 5.75 Å². The van der Waals surface area contributed by atoms with Crippen LogP contribution in [0.3, 0.4) is 0 Å². The summed E-state index contributed by atoms with van der Waals surface area (Å²) in [5.41, 5.74) is 2.54. The van der Waals surface area contributed by atoms with Gasteiger partial charge in [-0.3, -0.25) is 0 Å². The minimum Gasteiger partial charge on any atom is -0.487 e. The van der Waals surface area contributed by atoms with Crippen molar-refractivity contribution < 1.29 is 14.6 Å². The van der Waals surface area contributed by atoms with Crippen molar-refractivity contribution in [3.63, 3.8) is 0 Å². The molecule has 0 amide bonds. The smallest absolute Gasteiger partial charge is 0.335 e. The Hall–Kier alpha value is -2.49. The molecule has 0 aromatic heterocycles. The zero-order valence-corrected chi connectivity index (χ0v) is 15.3. The normalized spacial score (nSPS) is 10.5. The molecule has 132 valence electrons. The van der Waals surface area contributed by atoms with Crippen molar-refractivity contribution in [1.82, 2.24) is 0 Å². The molecule has 0 aliphatic rings. The van der Waals surface area contributed by atoms with Gasteiger partial charge in [0, 0.05) is 11.4 Å². The highest BCUT2D eigenvalue weighted by Crippen LogP contribution is 2.35. The second-order valence-electron chi connectivity index (χ2n) is 5.75. The fourth-order valence-corrected chi connectivity index (χ4v) is 3.22. The zero-order chi connectivity index (χ0) is 18.5. The predicted octanol–water partition coefficient (Wildman–Crippen LogP) is 5.86. The Morgan fingerprint density at radius 3 is 2.35 bits per heavy atom. The minimum absolute atomic E-state index is 0.232. The number of hydrogen-bond acceptors (Lipinski definition) is 2. The molecular weight excluding hydrogens is 371 g/mol. The van der Waals surface area contributed by atoms with Crippen LogP contribution in [0.5, 0.6) is 5.75 Å². The Labute approximate surface area is 161 Å². The van der Waals surface area contributed by atoms with Gasteiger partial charge in [0.05, 0.1) is 10.6 Å². The van der Waals surface area contributed by atoms with Gasteiger partial charge >= 0.3 is 5.97 Å². The number of aromatic carboxylic acids is 1. The van der Waals surface area contributed by atoms with Crippen molar-refractivity contribution in [2.45, 2.75) is 13.0 Å². The topological polar surface area (TPSA) is 46.5 Å². The van der Waals surface area contributed by atoms with E-state index in [0.717, 1.165) is 5.56 Å². The number of carboxylic acid groups (broad SMARTS) is 1. The summed E-state index contributed by atoms with van der Waals surface area (Å²) in [6, 6.07) is 20.0. The summed E-state index contributed by atoms with van der Waals surface area (Å²) < 4.78 is 5.83. The van der Waals surface area contributed by atoms with E-state index >= 15 is 0 Å². The van der Waals surface area contributed by atoms with Crippen LogP contribution in [0.25, 0.3) is 0 Å². The molecule has 3 rings (SSSR count). The van der Waals surface area contributed by atoms with Gasteiger partial charge < -0.3 is 9.84 Å². The fraction of sp³-hybridized carbons (Fsp3) is 0.0952. The van der Waals surface area contributed by atoms with Crippen LogP contribution >= 0.6 is 23.2 Å². The van der Waals surface area contributed by atoms with E-state index in [9.17, 15) is 9.90 Å². The summed E-state index contributed by atoms with van der Waals surface area (Å²) in [7, 11) is 0. The van der Waals surface area contributed by atoms with Crippen molar-refractivity contribution in [2.24, 2.45) is 0 Å². The third-order valence-corrected chi connectivity index (χ3v) is 4.77. The first-order valence-corrected chi connectivity index (χ1v) is 8.76. The first-order chi connectivity index (χ1) is 12.6. The maximum atomic E-state index is 11.4. The average Bonchev–Trinajstić information content (AvgIpc) is 2.65. The third kappa shape index (κ3) is 4.18. The Morgan fingerprint density at radius 2 is 1.62 bits per heavy atom. The first-order valence-electron chi connectivity index (χ1n) is 8.01. The van der Waals surface area contributed by atoms with E-state index < -0.39 is 5.97 Å². The molecule has 3 nitrogen and oxygen atoms in total. The molecule has 0 radical (unpaired) electrons. The van der Waals surface area contributed by atoms with Gasteiger partial charge in [0.15, 0.2) is 0 Å². The molecule has 0 bridgehead atoms. The van der Waals surface area contributed by atoms with Crippen LogP contribution in [-0.2, 0) is 13.0 Å². The maximum absolute atomic E-state index is 11.4. The number of carbonyl (C=O) groups is 1. The van der Waals surface area contributed by atoms with E-state index in [1.807, 2.05) is 30.3 Å². The van der Waals surface area contributed by atoms with Crippen LogP contribution in [0.15, 0.2) is 66.7 Å². The Kier molecular flexibility index (Phi) is 5.82. The van der Waals surface area contributed by atoms with E-state index in [4.69, 9.17) is 27.9 Å². The van der Waals surface area contributed by atoms with Gasteiger partial charge in [0.1, 0.15) is 12.4 Å². The number of halogens is 2. The largest absolute Gasteiger partial charge is 0.487 e. The molecule has 3 aromatic rings. The lowest BCUT2D eigenvalue weighted by Gasteiger charge is -2.14. The standard InChI is InChI=1S/C21H16Cl2O3/c22-18-10-11-19(26-13-14-6-2-1-3-7-14)20(23)17(18)12-15-8-4-5-9-16(15)21(24)25/h1-11H,12-13H2,(H,24,25). The van der Waals surface area contributed by atoms with Gasteiger partial charge in [-0.25, -0.2) is 4.79 Å². The van der Waals surface area contributed by atoms with E-state index in [0.29, 0.717) is 39.9 Å². The summed E-state index contributed by atoms with van der Waals surface area (Å²) >= 11 is 12.8. The van der Waals surface area contributed by atoms with Crippen LogP contribution in [0.1, 0.15) is 27.0 Å². The SMILES string of the molecule is O=C(O)c1ccccc1Cc1c(Cl)ccc(OCc2ccccc2)c1Cl. The Balaban J connectivity index is 1.87. The van der Waals surface area contributed by atoms with Gasteiger partial charge in [-0.15, -0.1) is 0 Å². The van der Waals surface area contributed by atoms with Gasteiger partial charge in [0.25, 0.3) is 0 Å². The lowest BCUT2D eigenvalue weighted by molar-refractivity contribution is 0.0696. The highest BCUT2D eigenvalue weighted by atomic mass is 35.5. The molecule has 0 aliphatic heterocycles. The summed E-state index contributed by atoms with van der Waals surface area (Å²) in [6.45, 7) is 0.382. The molecule has 0 saturated heterocycles. The van der Waals surface area contributed by atoms with E-state index in [1.54, 1.807) is 36.4 Å². The molecule has 0 aliphatic carbocycles. The second kappa shape index (κ2) is 8.26. The van der Waals surface area contributed by atoms with E-state index in [2.05, 4.69) is 0 Å². The van der Waals surface area contributed by atoms with Crippen LogP contribution in [-0.4, -0.2) is 11.1 Å². The van der Waals surface area contributed by atoms with E-state index in [1.165, 1.54) is 0 Å². The lowest BCUT2D eigenvalue weighted by atomic mass is 9.99. The number of hydrogen-bond donors (Lipinski definition) is 1. The molecule has 0 atom stereocenters. The highest BCUT2D eigenvalue weighted by Gasteiger charge is 2.16. The Bertz CT molecular complexity index is 924. The molecule has 3 aromatic carbocycles.